The third-order valence-electron chi connectivity index (χ3n) is 5.82. The van der Waals surface area contributed by atoms with Crippen molar-refractivity contribution in [3.8, 4) is 11.1 Å². The number of hydrogen-bond donors (Lipinski definition) is 1. The van der Waals surface area contributed by atoms with E-state index in [1.54, 1.807) is 17.8 Å². The summed E-state index contributed by atoms with van der Waals surface area (Å²) in [6.07, 6.45) is 2.51. The quantitative estimate of drug-likeness (QED) is 0.297. The molecule has 7 heteroatoms. The number of cyclic esters (lactones) is 1. The molecule has 0 unspecified atom stereocenters. The van der Waals surface area contributed by atoms with E-state index in [0.717, 1.165) is 33.3 Å². The summed E-state index contributed by atoms with van der Waals surface area (Å²) in [7, 11) is 0. The lowest BCUT2D eigenvalue weighted by molar-refractivity contribution is -0.156. The maximum absolute atomic E-state index is 14.4. The lowest BCUT2D eigenvalue weighted by Crippen LogP contribution is -2.31. The Morgan fingerprint density at radius 3 is 2.43 bits per heavy atom. The average Bonchev–Trinajstić information content (AvgIpc) is 2.77. The molecule has 1 N–H and O–H groups in total. The maximum atomic E-state index is 14.4. The molecular weight excluding hydrogens is 468 g/mol. The molecular formula is C28H29F2NO3S. The van der Waals surface area contributed by atoms with Crippen LogP contribution >= 0.6 is 11.8 Å². The molecule has 1 aliphatic heterocycles. The predicted octanol–water partition coefficient (Wildman–Crippen LogP) is 6.88. The smallest absolute Gasteiger partial charge is 0.309 e. The highest BCUT2D eigenvalue weighted by Gasteiger charge is 2.26. The lowest BCUT2D eigenvalue weighted by Gasteiger charge is -2.24. The van der Waals surface area contributed by atoms with Gasteiger partial charge >= 0.3 is 5.97 Å². The zero-order valence-electron chi connectivity index (χ0n) is 20.2. The number of hydrogen-bond acceptors (Lipinski definition) is 5. The summed E-state index contributed by atoms with van der Waals surface area (Å²) in [4.78, 5) is 17.6. The highest BCUT2D eigenvalue weighted by molar-refractivity contribution is 7.99. The number of fused-ring (bicyclic) bond motifs is 1. The van der Waals surface area contributed by atoms with Gasteiger partial charge in [0.15, 0.2) is 11.6 Å². The second-order valence-corrected chi connectivity index (χ2v) is 11.0. The summed E-state index contributed by atoms with van der Waals surface area (Å²) >= 11 is 1.74. The highest BCUT2D eigenvalue weighted by atomic mass is 32.2. The fourth-order valence-corrected chi connectivity index (χ4v) is 5.15. The molecule has 1 aliphatic rings. The van der Waals surface area contributed by atoms with Gasteiger partial charge in [0.1, 0.15) is 6.10 Å². The van der Waals surface area contributed by atoms with Gasteiger partial charge in [-0.3, -0.25) is 9.78 Å². The summed E-state index contributed by atoms with van der Waals surface area (Å²) < 4.78 is 33.9. The molecule has 1 fully saturated rings. The largest absolute Gasteiger partial charge is 0.458 e. The summed E-state index contributed by atoms with van der Waals surface area (Å²) in [5.41, 5.74) is 3.42. The second-order valence-electron chi connectivity index (χ2n) is 9.40. The number of halogens is 2. The van der Waals surface area contributed by atoms with E-state index >= 15 is 0 Å². The number of thioether (sulfide) groups is 1. The second kappa shape index (κ2) is 10.5. The first-order valence-electron chi connectivity index (χ1n) is 11.8. The van der Waals surface area contributed by atoms with Gasteiger partial charge in [0.05, 0.1) is 23.7 Å². The third kappa shape index (κ3) is 5.73. The number of ether oxygens (including phenoxy) is 1. The van der Waals surface area contributed by atoms with E-state index in [9.17, 15) is 18.7 Å². The average molecular weight is 498 g/mol. The SMILES string of the molecule is CC(C)Sc1ccc(-c2c(/C=C/[C@@H]3C[C@@H](O)CC(=O)O3)c(C(C)C)nc3cc(F)c(F)cc23)cc1. The van der Waals surface area contributed by atoms with Gasteiger partial charge in [0.25, 0.3) is 0 Å². The molecule has 0 aliphatic carbocycles. The van der Waals surface area contributed by atoms with Gasteiger partial charge in [-0.05, 0) is 35.8 Å². The molecule has 35 heavy (non-hydrogen) atoms. The number of pyridine rings is 1. The maximum Gasteiger partial charge on any atom is 0.309 e. The topological polar surface area (TPSA) is 59.4 Å². The molecule has 1 aromatic heterocycles. The van der Waals surface area contributed by atoms with E-state index in [4.69, 9.17) is 9.72 Å². The number of nitrogens with zero attached hydrogens (tertiary/aromatic N) is 1. The van der Waals surface area contributed by atoms with Crippen LogP contribution in [0.5, 0.6) is 0 Å². The van der Waals surface area contributed by atoms with E-state index in [2.05, 4.69) is 13.8 Å². The molecule has 1 saturated heterocycles. The van der Waals surface area contributed by atoms with Gasteiger partial charge < -0.3 is 9.84 Å². The van der Waals surface area contributed by atoms with Crippen molar-refractivity contribution >= 4 is 34.7 Å². The zero-order valence-corrected chi connectivity index (χ0v) is 21.0. The Hall–Kier alpha value is -2.77. The minimum Gasteiger partial charge on any atom is -0.458 e. The summed E-state index contributed by atoms with van der Waals surface area (Å²) in [5.74, 6) is -2.35. The van der Waals surface area contributed by atoms with Crippen molar-refractivity contribution < 1.29 is 23.4 Å². The van der Waals surface area contributed by atoms with Crippen molar-refractivity contribution in [2.75, 3.05) is 0 Å². The van der Waals surface area contributed by atoms with Crippen molar-refractivity contribution in [1.29, 1.82) is 0 Å². The van der Waals surface area contributed by atoms with E-state index < -0.39 is 29.8 Å². The van der Waals surface area contributed by atoms with Gasteiger partial charge in [0.2, 0.25) is 0 Å². The van der Waals surface area contributed by atoms with Crippen molar-refractivity contribution in [2.45, 2.75) is 68.8 Å². The van der Waals surface area contributed by atoms with Crippen LogP contribution in [-0.2, 0) is 9.53 Å². The third-order valence-corrected chi connectivity index (χ3v) is 6.84. The Balaban J connectivity index is 1.92. The molecule has 4 nitrogen and oxygen atoms in total. The summed E-state index contributed by atoms with van der Waals surface area (Å²) in [6.45, 7) is 8.22. The fourth-order valence-electron chi connectivity index (χ4n) is 4.31. The number of benzene rings is 2. The van der Waals surface area contributed by atoms with Crippen LogP contribution in [0.15, 0.2) is 47.4 Å². The highest BCUT2D eigenvalue weighted by Crippen LogP contribution is 2.38. The minimum atomic E-state index is -0.944. The lowest BCUT2D eigenvalue weighted by atomic mass is 9.90. The standard InChI is InChI=1S/C28H29F2NO3S/c1-15(2)28-21(10-7-19-11-18(32)12-26(33)34-19)27(17-5-8-20(9-6-17)35-16(3)4)22-13-23(29)24(30)14-25(22)31-28/h5-10,13-16,18-19,32H,11-12H2,1-4H3/b10-7+/t18-,19-/m1/s1. The molecule has 0 saturated carbocycles. The Morgan fingerprint density at radius 1 is 1.11 bits per heavy atom. The molecule has 0 radical (unpaired) electrons. The Morgan fingerprint density at radius 2 is 1.80 bits per heavy atom. The Bertz CT molecular complexity index is 1270. The molecule has 3 aromatic rings. The number of esters is 1. The fraction of sp³-hybridized carbons (Fsp3) is 0.357. The zero-order chi connectivity index (χ0) is 25.3. The number of carbonyl (C=O) groups is 1. The first kappa shape index (κ1) is 25.3. The first-order chi connectivity index (χ1) is 16.6. The molecule has 2 atom stereocenters. The van der Waals surface area contributed by atoms with Crippen molar-refractivity contribution in [3.63, 3.8) is 0 Å². The van der Waals surface area contributed by atoms with Gasteiger partial charge in [-0.1, -0.05) is 45.9 Å². The van der Waals surface area contributed by atoms with Crippen LogP contribution in [0.2, 0.25) is 0 Å². The molecule has 0 spiro atoms. The molecule has 0 bridgehead atoms. The number of aromatic nitrogens is 1. The van der Waals surface area contributed by atoms with Crippen molar-refractivity contribution in [2.24, 2.45) is 0 Å². The first-order valence-corrected chi connectivity index (χ1v) is 12.7. The van der Waals surface area contributed by atoms with Gasteiger partial charge in [-0.25, -0.2) is 8.78 Å². The summed E-state index contributed by atoms with van der Waals surface area (Å²) in [5, 5.41) is 10.9. The van der Waals surface area contributed by atoms with E-state index in [1.807, 2.05) is 44.2 Å². The van der Waals surface area contributed by atoms with Gasteiger partial charge in [-0.2, -0.15) is 0 Å². The molecule has 2 heterocycles. The van der Waals surface area contributed by atoms with E-state index in [-0.39, 0.29) is 12.3 Å². The molecule has 184 valence electrons. The van der Waals surface area contributed by atoms with Crippen LogP contribution < -0.4 is 0 Å². The van der Waals surface area contributed by atoms with Crippen molar-refractivity contribution in [1.82, 2.24) is 4.98 Å². The van der Waals surface area contributed by atoms with Crippen molar-refractivity contribution in [3.05, 3.63) is 65.4 Å². The monoisotopic (exact) mass is 497 g/mol. The van der Waals surface area contributed by atoms with E-state index in [0.29, 0.717) is 22.6 Å². The normalized spacial score (nSPS) is 18.7. The van der Waals surface area contributed by atoms with Crippen LogP contribution in [0.4, 0.5) is 8.78 Å². The molecule has 4 rings (SSSR count). The van der Waals surface area contributed by atoms with Crippen LogP contribution in [0.3, 0.4) is 0 Å². The molecule has 0 amide bonds. The predicted molar refractivity (Wildman–Crippen MR) is 136 cm³/mol. The van der Waals surface area contributed by atoms with Crippen LogP contribution in [0, 0.1) is 11.6 Å². The number of rotatable bonds is 6. The number of aliphatic hydroxyl groups is 1. The van der Waals surface area contributed by atoms with Crippen LogP contribution in [0.1, 0.15) is 57.7 Å². The van der Waals surface area contributed by atoms with Crippen LogP contribution in [0.25, 0.3) is 28.1 Å². The molecule has 2 aromatic carbocycles. The van der Waals surface area contributed by atoms with Gasteiger partial charge in [0, 0.05) is 39.1 Å². The Kier molecular flexibility index (Phi) is 7.57. The van der Waals surface area contributed by atoms with Crippen LogP contribution in [-0.4, -0.2) is 33.5 Å². The summed E-state index contributed by atoms with van der Waals surface area (Å²) in [6, 6.07) is 10.3. The Labute approximate surface area is 208 Å². The van der Waals surface area contributed by atoms with Gasteiger partial charge in [-0.15, -0.1) is 11.8 Å². The van der Waals surface area contributed by atoms with E-state index in [1.165, 1.54) is 6.07 Å². The number of aliphatic hydroxyl groups excluding tert-OH is 1. The number of carbonyl (C=O) groups excluding carboxylic acids is 1. The minimum absolute atomic E-state index is 0.0128.